The first-order valence-electron chi connectivity index (χ1n) is 5.45. The molecule has 1 N–H and O–H groups in total. The zero-order valence-corrected chi connectivity index (χ0v) is 9.22. The molecular formula is C11H13NO2S. The Balaban J connectivity index is 1.85. The zero-order chi connectivity index (χ0) is 10.4. The molecule has 3 rings (SSSR count). The number of fused-ring (bicyclic) bond motifs is 1. The standard InChI is InChI=1S/C11H13NO2S/c13-11(14)7-3-4-8-9(5-7)15-10(12-8)6-1-2-6/h6-7H,1-5H2,(H,13,14)/t7-/m0/s1. The summed E-state index contributed by atoms with van der Waals surface area (Å²) in [7, 11) is 0. The number of thiazole rings is 1. The summed E-state index contributed by atoms with van der Waals surface area (Å²) in [5, 5.41) is 10.2. The molecule has 1 aromatic heterocycles. The topological polar surface area (TPSA) is 50.2 Å². The maximum Gasteiger partial charge on any atom is 0.306 e. The molecule has 1 saturated carbocycles. The lowest BCUT2D eigenvalue weighted by molar-refractivity contribution is -0.142. The van der Waals surface area contributed by atoms with Crippen LogP contribution in [0.3, 0.4) is 0 Å². The molecule has 80 valence electrons. The molecule has 1 atom stereocenters. The molecule has 0 saturated heterocycles. The third kappa shape index (κ3) is 1.67. The summed E-state index contributed by atoms with van der Waals surface area (Å²) in [5.41, 5.74) is 1.18. The van der Waals surface area contributed by atoms with Crippen molar-refractivity contribution in [2.75, 3.05) is 0 Å². The second kappa shape index (κ2) is 3.30. The van der Waals surface area contributed by atoms with Gasteiger partial charge in [-0.3, -0.25) is 4.79 Å². The normalized spacial score (nSPS) is 24.9. The lowest BCUT2D eigenvalue weighted by Crippen LogP contribution is -2.21. The minimum absolute atomic E-state index is 0.176. The minimum atomic E-state index is -0.651. The van der Waals surface area contributed by atoms with E-state index in [2.05, 4.69) is 4.98 Å². The lowest BCUT2D eigenvalue weighted by Gasteiger charge is -2.16. The van der Waals surface area contributed by atoms with E-state index in [-0.39, 0.29) is 5.92 Å². The Hall–Kier alpha value is -0.900. The predicted molar refractivity (Wildman–Crippen MR) is 57.2 cm³/mol. The molecule has 0 bridgehead atoms. The van der Waals surface area contributed by atoms with Gasteiger partial charge in [0.05, 0.1) is 16.6 Å². The van der Waals surface area contributed by atoms with Crippen molar-refractivity contribution in [3.63, 3.8) is 0 Å². The Kier molecular flexibility index (Phi) is 2.06. The fourth-order valence-corrected chi connectivity index (χ4v) is 3.47. The number of carboxylic acid groups (broad SMARTS) is 1. The van der Waals surface area contributed by atoms with Gasteiger partial charge in [0, 0.05) is 10.8 Å². The van der Waals surface area contributed by atoms with Gasteiger partial charge in [-0.1, -0.05) is 0 Å². The number of hydrogen-bond donors (Lipinski definition) is 1. The minimum Gasteiger partial charge on any atom is -0.481 e. The molecule has 1 fully saturated rings. The largest absolute Gasteiger partial charge is 0.481 e. The van der Waals surface area contributed by atoms with Crippen LogP contribution in [0.25, 0.3) is 0 Å². The van der Waals surface area contributed by atoms with Gasteiger partial charge in [-0.25, -0.2) is 4.98 Å². The van der Waals surface area contributed by atoms with Crippen LogP contribution in [-0.4, -0.2) is 16.1 Å². The van der Waals surface area contributed by atoms with E-state index in [0.717, 1.165) is 12.8 Å². The average Bonchev–Trinajstić information content (AvgIpc) is 2.97. The molecule has 0 unspecified atom stereocenters. The third-order valence-corrected chi connectivity index (χ3v) is 4.51. The number of rotatable bonds is 2. The van der Waals surface area contributed by atoms with Crippen molar-refractivity contribution in [1.82, 2.24) is 4.98 Å². The van der Waals surface area contributed by atoms with E-state index >= 15 is 0 Å². The molecule has 1 aromatic rings. The Bertz CT molecular complexity index is 409. The highest BCUT2D eigenvalue weighted by Gasteiger charge is 2.31. The van der Waals surface area contributed by atoms with E-state index < -0.39 is 5.97 Å². The van der Waals surface area contributed by atoms with E-state index in [9.17, 15) is 4.79 Å². The van der Waals surface area contributed by atoms with E-state index in [1.807, 2.05) is 0 Å². The molecule has 0 radical (unpaired) electrons. The zero-order valence-electron chi connectivity index (χ0n) is 8.40. The number of aliphatic carboxylic acids is 1. The monoisotopic (exact) mass is 223 g/mol. The number of carbonyl (C=O) groups is 1. The van der Waals surface area contributed by atoms with Gasteiger partial charge in [0.1, 0.15) is 0 Å². The first-order valence-corrected chi connectivity index (χ1v) is 6.27. The van der Waals surface area contributed by atoms with Crippen LogP contribution >= 0.6 is 11.3 Å². The second-order valence-electron chi connectivity index (χ2n) is 4.47. The Labute approximate surface area is 92.2 Å². The molecule has 0 aliphatic heterocycles. The quantitative estimate of drug-likeness (QED) is 0.836. The van der Waals surface area contributed by atoms with E-state index in [1.165, 1.54) is 28.4 Å². The Morgan fingerprint density at radius 2 is 2.20 bits per heavy atom. The number of carboxylic acids is 1. The summed E-state index contributed by atoms with van der Waals surface area (Å²) in [6, 6.07) is 0. The van der Waals surface area contributed by atoms with Crippen molar-refractivity contribution in [3.8, 4) is 0 Å². The predicted octanol–water partition coefficient (Wildman–Crippen LogP) is 2.21. The number of hydrogen-bond acceptors (Lipinski definition) is 3. The van der Waals surface area contributed by atoms with E-state index in [4.69, 9.17) is 5.11 Å². The van der Waals surface area contributed by atoms with Crippen LogP contribution in [0, 0.1) is 5.92 Å². The Morgan fingerprint density at radius 3 is 2.87 bits per heavy atom. The van der Waals surface area contributed by atoms with Crippen molar-refractivity contribution in [2.24, 2.45) is 5.92 Å². The Morgan fingerprint density at radius 1 is 1.40 bits per heavy atom. The van der Waals surface area contributed by atoms with Crippen molar-refractivity contribution >= 4 is 17.3 Å². The SMILES string of the molecule is O=C(O)[C@H]1CCc2nc(C3CC3)sc2C1. The second-order valence-corrected chi connectivity index (χ2v) is 5.59. The molecule has 15 heavy (non-hydrogen) atoms. The van der Waals surface area contributed by atoms with E-state index in [0.29, 0.717) is 12.3 Å². The van der Waals surface area contributed by atoms with Crippen molar-refractivity contribution in [2.45, 2.75) is 38.0 Å². The number of nitrogens with zero attached hydrogens (tertiary/aromatic N) is 1. The number of aromatic nitrogens is 1. The summed E-state index contributed by atoms with van der Waals surface area (Å²) in [5.74, 6) is -0.129. The van der Waals surface area contributed by atoms with Gasteiger partial charge in [-0.15, -0.1) is 11.3 Å². The van der Waals surface area contributed by atoms with Gasteiger partial charge in [0.25, 0.3) is 0 Å². The maximum atomic E-state index is 10.9. The molecule has 0 spiro atoms. The summed E-state index contributed by atoms with van der Waals surface area (Å²) in [6.45, 7) is 0. The molecule has 4 heteroatoms. The first-order chi connectivity index (χ1) is 7.24. The molecule has 0 amide bonds. The fourth-order valence-electron chi connectivity index (χ4n) is 2.11. The molecule has 3 nitrogen and oxygen atoms in total. The van der Waals surface area contributed by atoms with Crippen LogP contribution in [0.5, 0.6) is 0 Å². The summed E-state index contributed by atoms with van der Waals surface area (Å²) in [6.07, 6.45) is 4.87. The average molecular weight is 223 g/mol. The molecule has 2 aliphatic rings. The van der Waals surface area contributed by atoms with E-state index in [1.54, 1.807) is 11.3 Å². The summed E-state index contributed by atoms with van der Waals surface area (Å²) >= 11 is 1.75. The molecular weight excluding hydrogens is 210 g/mol. The van der Waals surface area contributed by atoms with Crippen LogP contribution in [-0.2, 0) is 17.6 Å². The summed E-state index contributed by atoms with van der Waals surface area (Å²) in [4.78, 5) is 16.8. The van der Waals surface area contributed by atoms with Gasteiger partial charge in [0.2, 0.25) is 0 Å². The van der Waals surface area contributed by atoms with Crippen molar-refractivity contribution in [3.05, 3.63) is 15.6 Å². The molecule has 2 aliphatic carbocycles. The summed E-state index contributed by atoms with van der Waals surface area (Å²) < 4.78 is 0. The fraction of sp³-hybridized carbons (Fsp3) is 0.636. The molecule has 0 aromatic carbocycles. The van der Waals surface area contributed by atoms with Gasteiger partial charge < -0.3 is 5.11 Å². The highest BCUT2D eigenvalue weighted by Crippen LogP contribution is 2.44. The lowest BCUT2D eigenvalue weighted by atomic mass is 9.91. The van der Waals surface area contributed by atoms with Gasteiger partial charge in [-0.2, -0.15) is 0 Å². The van der Waals surface area contributed by atoms with Crippen LogP contribution in [0.2, 0.25) is 0 Å². The van der Waals surface area contributed by atoms with Gasteiger partial charge in [-0.05, 0) is 32.1 Å². The number of aryl methyl sites for hydroxylation is 1. The van der Waals surface area contributed by atoms with Crippen LogP contribution in [0.1, 0.15) is 40.8 Å². The smallest absolute Gasteiger partial charge is 0.306 e. The van der Waals surface area contributed by atoms with Crippen molar-refractivity contribution < 1.29 is 9.90 Å². The highest BCUT2D eigenvalue weighted by molar-refractivity contribution is 7.11. The molecule has 1 heterocycles. The van der Waals surface area contributed by atoms with Crippen molar-refractivity contribution in [1.29, 1.82) is 0 Å². The first kappa shape index (κ1) is 9.33. The highest BCUT2D eigenvalue weighted by atomic mass is 32.1. The van der Waals surface area contributed by atoms with Crippen LogP contribution in [0.15, 0.2) is 0 Å². The van der Waals surface area contributed by atoms with Crippen LogP contribution < -0.4 is 0 Å². The van der Waals surface area contributed by atoms with Gasteiger partial charge >= 0.3 is 5.97 Å². The van der Waals surface area contributed by atoms with Crippen LogP contribution in [0.4, 0.5) is 0 Å². The van der Waals surface area contributed by atoms with Gasteiger partial charge in [0.15, 0.2) is 0 Å². The third-order valence-electron chi connectivity index (χ3n) is 3.23. The maximum absolute atomic E-state index is 10.9.